The molecule has 0 atom stereocenters. The summed E-state index contributed by atoms with van der Waals surface area (Å²) in [5.74, 6) is 0.532. The number of amides is 4. The number of carbonyl (C=O) groups is 3. The highest BCUT2D eigenvalue weighted by atomic mass is 16.6. The predicted octanol–water partition coefficient (Wildman–Crippen LogP) is 2.07. The molecule has 3 N–H and O–H groups in total. The highest BCUT2D eigenvalue weighted by Crippen LogP contribution is 2.32. The van der Waals surface area contributed by atoms with Gasteiger partial charge in [0.1, 0.15) is 13.2 Å². The van der Waals surface area contributed by atoms with Crippen LogP contribution in [-0.2, 0) is 9.59 Å². The molecule has 1 aliphatic rings. The molecule has 0 saturated heterocycles. The molecule has 0 bridgehead atoms. The van der Waals surface area contributed by atoms with Crippen molar-refractivity contribution in [3.8, 4) is 11.5 Å². The molecule has 158 valence electrons. The van der Waals surface area contributed by atoms with Gasteiger partial charge in [-0.3, -0.25) is 19.8 Å². The van der Waals surface area contributed by atoms with E-state index in [2.05, 4.69) is 16.0 Å². The number of ether oxygens (including phenoxy) is 2. The lowest BCUT2D eigenvalue weighted by Gasteiger charge is -2.19. The van der Waals surface area contributed by atoms with Gasteiger partial charge in [-0.25, -0.2) is 4.79 Å². The van der Waals surface area contributed by atoms with Crippen LogP contribution in [0.3, 0.4) is 0 Å². The summed E-state index contributed by atoms with van der Waals surface area (Å²) in [4.78, 5) is 37.8. The molecule has 9 nitrogen and oxygen atoms in total. The van der Waals surface area contributed by atoms with Crippen molar-refractivity contribution < 1.29 is 23.9 Å². The fourth-order valence-corrected chi connectivity index (χ4v) is 2.81. The molecular formula is C21H24N4O5. The quantitative estimate of drug-likeness (QED) is 0.642. The lowest BCUT2D eigenvalue weighted by Crippen LogP contribution is -2.37. The minimum atomic E-state index is -0.638. The molecular weight excluding hydrogens is 388 g/mol. The molecule has 2 aromatic carbocycles. The molecule has 0 radical (unpaired) electrons. The fraction of sp³-hybridized carbons (Fsp3) is 0.286. The molecule has 0 saturated carbocycles. The Labute approximate surface area is 174 Å². The van der Waals surface area contributed by atoms with Crippen molar-refractivity contribution in [3.05, 3.63) is 48.5 Å². The number of rotatable bonds is 7. The molecule has 30 heavy (non-hydrogen) atoms. The summed E-state index contributed by atoms with van der Waals surface area (Å²) in [6.45, 7) is 1.38. The number of urea groups is 1. The molecule has 1 aliphatic heterocycles. The first-order chi connectivity index (χ1) is 14.5. The fourth-order valence-electron chi connectivity index (χ4n) is 2.81. The third kappa shape index (κ3) is 6.49. The molecule has 0 unspecified atom stereocenters. The Bertz CT molecular complexity index is 904. The highest BCUT2D eigenvalue weighted by Gasteiger charge is 2.14. The predicted molar refractivity (Wildman–Crippen MR) is 112 cm³/mol. The second-order valence-corrected chi connectivity index (χ2v) is 6.76. The van der Waals surface area contributed by atoms with E-state index in [0.717, 1.165) is 0 Å². The Morgan fingerprint density at radius 1 is 0.900 bits per heavy atom. The van der Waals surface area contributed by atoms with Gasteiger partial charge in [0.15, 0.2) is 11.5 Å². The van der Waals surface area contributed by atoms with Crippen LogP contribution in [0.1, 0.15) is 6.42 Å². The van der Waals surface area contributed by atoms with Crippen molar-refractivity contribution in [1.29, 1.82) is 0 Å². The average Bonchev–Trinajstić information content (AvgIpc) is 2.72. The number of hydrogen-bond acceptors (Lipinski definition) is 6. The van der Waals surface area contributed by atoms with Crippen molar-refractivity contribution in [2.24, 2.45) is 0 Å². The highest BCUT2D eigenvalue weighted by molar-refractivity contribution is 6.01. The van der Waals surface area contributed by atoms with Crippen LogP contribution in [0.5, 0.6) is 11.5 Å². The van der Waals surface area contributed by atoms with Crippen molar-refractivity contribution in [3.63, 3.8) is 0 Å². The van der Waals surface area contributed by atoms with Gasteiger partial charge >= 0.3 is 6.03 Å². The van der Waals surface area contributed by atoms with Crippen molar-refractivity contribution in [1.82, 2.24) is 10.2 Å². The monoisotopic (exact) mass is 412 g/mol. The number of nitrogens with one attached hydrogen (secondary N) is 3. The van der Waals surface area contributed by atoms with Gasteiger partial charge in [-0.15, -0.1) is 0 Å². The molecule has 2 aromatic rings. The minimum absolute atomic E-state index is 0.0731. The van der Waals surface area contributed by atoms with Gasteiger partial charge in [0.05, 0.1) is 6.54 Å². The van der Waals surface area contributed by atoms with Gasteiger partial charge in [-0.05, 0) is 31.3 Å². The topological polar surface area (TPSA) is 109 Å². The van der Waals surface area contributed by atoms with Crippen LogP contribution < -0.4 is 25.4 Å². The van der Waals surface area contributed by atoms with Gasteiger partial charge in [0, 0.05) is 30.4 Å². The lowest BCUT2D eigenvalue weighted by atomic mass is 10.2. The zero-order valence-corrected chi connectivity index (χ0v) is 16.6. The van der Waals surface area contributed by atoms with Crippen LogP contribution in [0, 0.1) is 0 Å². The summed E-state index contributed by atoms with van der Waals surface area (Å²) < 4.78 is 10.9. The smallest absolute Gasteiger partial charge is 0.325 e. The van der Waals surface area contributed by atoms with Crippen LogP contribution >= 0.6 is 0 Å². The number of anilines is 2. The van der Waals surface area contributed by atoms with Gasteiger partial charge in [-0.2, -0.15) is 0 Å². The van der Waals surface area contributed by atoms with Gasteiger partial charge < -0.3 is 20.1 Å². The normalized spacial score (nSPS) is 12.2. The molecule has 0 fully saturated rings. The van der Waals surface area contributed by atoms with Crippen LogP contribution in [0.2, 0.25) is 0 Å². The maximum atomic E-state index is 12.0. The first-order valence-corrected chi connectivity index (χ1v) is 9.53. The minimum Gasteiger partial charge on any atom is -0.486 e. The van der Waals surface area contributed by atoms with Crippen LogP contribution in [0.25, 0.3) is 0 Å². The van der Waals surface area contributed by atoms with Gasteiger partial charge in [0.2, 0.25) is 11.8 Å². The SMILES string of the molecule is CN(CCC(=O)NC(=O)Nc1ccc2c(c1)OCCO2)CC(=O)Nc1ccccc1. The van der Waals surface area contributed by atoms with Gasteiger partial charge in [-0.1, -0.05) is 18.2 Å². The molecule has 1 heterocycles. The Balaban J connectivity index is 1.37. The second-order valence-electron chi connectivity index (χ2n) is 6.76. The standard InChI is InChI=1S/C21H24N4O5/c1-25(14-20(27)22-15-5-3-2-4-6-15)10-9-19(26)24-21(28)23-16-7-8-17-18(13-16)30-12-11-29-17/h2-8,13H,9-12,14H2,1H3,(H,22,27)(H2,23,24,26,28). The van der Waals surface area contributed by atoms with Crippen molar-refractivity contribution >= 4 is 29.2 Å². The maximum Gasteiger partial charge on any atom is 0.325 e. The van der Waals surface area contributed by atoms with Gasteiger partial charge in [0.25, 0.3) is 0 Å². The largest absolute Gasteiger partial charge is 0.486 e. The molecule has 9 heteroatoms. The van der Waals surface area contributed by atoms with E-state index >= 15 is 0 Å². The zero-order valence-electron chi connectivity index (χ0n) is 16.6. The first kappa shape index (κ1) is 21.1. The van der Waals surface area contributed by atoms with E-state index in [-0.39, 0.29) is 18.9 Å². The number of imide groups is 1. The Morgan fingerprint density at radius 3 is 2.40 bits per heavy atom. The Hall–Kier alpha value is -3.59. The zero-order chi connectivity index (χ0) is 21.3. The number of nitrogens with zero attached hydrogens (tertiary/aromatic N) is 1. The molecule has 3 rings (SSSR count). The lowest BCUT2D eigenvalue weighted by molar-refractivity contribution is -0.121. The van der Waals surface area contributed by atoms with Crippen molar-refractivity contribution in [2.45, 2.75) is 6.42 Å². The molecule has 0 aliphatic carbocycles. The number of likely N-dealkylation sites (N-methyl/N-ethyl adjacent to an activating group) is 1. The Morgan fingerprint density at radius 2 is 1.63 bits per heavy atom. The van der Waals surface area contributed by atoms with E-state index in [0.29, 0.717) is 42.6 Å². The number of fused-ring (bicyclic) bond motifs is 1. The number of carbonyl (C=O) groups excluding carboxylic acids is 3. The summed E-state index contributed by atoms with van der Waals surface area (Å²) >= 11 is 0. The summed E-state index contributed by atoms with van der Waals surface area (Å²) in [6, 6.07) is 13.5. The summed E-state index contributed by atoms with van der Waals surface area (Å²) in [5.41, 5.74) is 1.20. The van der Waals surface area contributed by atoms with Crippen LogP contribution in [0.15, 0.2) is 48.5 Å². The van der Waals surface area contributed by atoms with E-state index in [1.165, 1.54) is 0 Å². The van der Waals surface area contributed by atoms with Crippen LogP contribution in [0.4, 0.5) is 16.2 Å². The van der Waals surface area contributed by atoms with E-state index in [1.807, 2.05) is 18.2 Å². The van der Waals surface area contributed by atoms with Crippen molar-refractivity contribution in [2.75, 3.05) is 44.0 Å². The third-order valence-electron chi connectivity index (χ3n) is 4.24. The maximum absolute atomic E-state index is 12.0. The number of hydrogen-bond donors (Lipinski definition) is 3. The average molecular weight is 412 g/mol. The number of para-hydroxylation sites is 1. The molecule has 4 amide bonds. The third-order valence-corrected chi connectivity index (χ3v) is 4.24. The summed E-state index contributed by atoms with van der Waals surface area (Å²) in [6.07, 6.45) is 0.0731. The summed E-state index contributed by atoms with van der Waals surface area (Å²) in [7, 11) is 1.73. The Kier molecular flexibility index (Phi) is 7.23. The summed E-state index contributed by atoms with van der Waals surface area (Å²) in [5, 5.41) is 7.63. The second kappa shape index (κ2) is 10.3. The van der Waals surface area contributed by atoms with E-state index in [4.69, 9.17) is 9.47 Å². The molecule has 0 aromatic heterocycles. The first-order valence-electron chi connectivity index (χ1n) is 9.53. The van der Waals surface area contributed by atoms with E-state index in [9.17, 15) is 14.4 Å². The van der Waals surface area contributed by atoms with E-state index < -0.39 is 11.9 Å². The van der Waals surface area contributed by atoms with E-state index in [1.54, 1.807) is 42.3 Å². The number of benzene rings is 2. The molecule has 0 spiro atoms. The van der Waals surface area contributed by atoms with Crippen LogP contribution in [-0.4, -0.2) is 56.1 Å².